The van der Waals surface area contributed by atoms with Crippen molar-refractivity contribution >= 4 is 39.2 Å². The van der Waals surface area contributed by atoms with Gasteiger partial charge in [-0.15, -0.1) is 11.3 Å². The fourth-order valence-electron chi connectivity index (χ4n) is 1.89. The van der Waals surface area contributed by atoms with Gasteiger partial charge < -0.3 is 9.52 Å². The number of thioether (sulfide) groups is 1. The zero-order valence-electron chi connectivity index (χ0n) is 10.00. The molecule has 2 aromatic heterocycles. The van der Waals surface area contributed by atoms with E-state index in [-0.39, 0.29) is 4.88 Å². The van der Waals surface area contributed by atoms with Crippen LogP contribution in [-0.4, -0.2) is 16.1 Å². The Labute approximate surface area is 121 Å². The third kappa shape index (κ3) is 2.30. The minimum atomic E-state index is -1.05. The Morgan fingerprint density at radius 1 is 1.50 bits per heavy atom. The van der Waals surface area contributed by atoms with Gasteiger partial charge in [0.15, 0.2) is 0 Å². The van der Waals surface area contributed by atoms with E-state index in [2.05, 4.69) is 4.98 Å². The highest BCUT2D eigenvalue weighted by Crippen LogP contribution is 2.36. The molecule has 0 fully saturated rings. The van der Waals surface area contributed by atoms with Crippen molar-refractivity contribution in [3.05, 3.63) is 46.9 Å². The molecule has 0 spiro atoms. The molecule has 0 atom stereocenters. The summed E-state index contributed by atoms with van der Waals surface area (Å²) in [5.41, 5.74) is 0.471. The summed E-state index contributed by atoms with van der Waals surface area (Å²) in [6.45, 7) is 0. The highest BCUT2D eigenvalue weighted by molar-refractivity contribution is 7.98. The third-order valence-electron chi connectivity index (χ3n) is 2.71. The van der Waals surface area contributed by atoms with Crippen LogP contribution in [-0.2, 0) is 5.75 Å². The van der Waals surface area contributed by atoms with Crippen LogP contribution < -0.4 is 0 Å². The molecule has 0 unspecified atom stereocenters. The Morgan fingerprint density at radius 3 is 3.05 bits per heavy atom. The van der Waals surface area contributed by atoms with Crippen molar-refractivity contribution in [1.29, 1.82) is 0 Å². The molecule has 0 saturated carbocycles. The van der Waals surface area contributed by atoms with Gasteiger partial charge >= 0.3 is 5.97 Å². The van der Waals surface area contributed by atoms with Gasteiger partial charge in [-0.1, -0.05) is 17.8 Å². The lowest BCUT2D eigenvalue weighted by Gasteiger charge is -2.00. The summed E-state index contributed by atoms with van der Waals surface area (Å²) < 4.78 is 19.7. The zero-order chi connectivity index (χ0) is 14.1. The predicted molar refractivity (Wildman–Crippen MR) is 74.8 cm³/mol. The van der Waals surface area contributed by atoms with Crippen molar-refractivity contribution in [2.75, 3.05) is 0 Å². The largest absolute Gasteiger partial charge is 0.477 e. The summed E-state index contributed by atoms with van der Waals surface area (Å²) in [5, 5.41) is 10.1. The van der Waals surface area contributed by atoms with Crippen LogP contribution in [0.15, 0.2) is 40.3 Å². The Morgan fingerprint density at radius 2 is 2.35 bits per heavy atom. The second-order valence-electron chi connectivity index (χ2n) is 3.91. The second kappa shape index (κ2) is 5.26. The summed E-state index contributed by atoms with van der Waals surface area (Å²) >= 11 is 2.32. The Kier molecular flexibility index (Phi) is 3.45. The van der Waals surface area contributed by atoms with Crippen molar-refractivity contribution in [2.24, 2.45) is 0 Å². The summed E-state index contributed by atoms with van der Waals surface area (Å²) in [6.07, 6.45) is 2.94. The molecule has 0 amide bonds. The quantitative estimate of drug-likeness (QED) is 0.737. The van der Waals surface area contributed by atoms with Crippen molar-refractivity contribution in [3.63, 3.8) is 0 Å². The monoisotopic (exact) mass is 309 g/mol. The first-order valence-electron chi connectivity index (χ1n) is 5.62. The molecule has 0 aliphatic heterocycles. The van der Waals surface area contributed by atoms with Crippen molar-refractivity contribution in [2.45, 2.75) is 11.0 Å². The van der Waals surface area contributed by atoms with Gasteiger partial charge in [-0.3, -0.25) is 0 Å². The normalized spacial score (nSPS) is 11.1. The maximum absolute atomic E-state index is 14.0. The molecule has 2 heterocycles. The first-order chi connectivity index (χ1) is 9.66. The minimum absolute atomic E-state index is 0.157. The second-order valence-corrected chi connectivity index (χ2v) is 5.89. The van der Waals surface area contributed by atoms with Gasteiger partial charge in [0.05, 0.1) is 6.20 Å². The standard InChI is InChI=1S/C13H8FNO3S2/c14-8-2-1-3-9-10(8)7(11(20-9)12(16)17)6-19-13-15-4-5-18-13/h1-5H,6H2,(H,16,17). The Balaban J connectivity index is 2.06. The van der Waals surface area contributed by atoms with E-state index in [0.29, 0.717) is 26.6 Å². The topological polar surface area (TPSA) is 63.3 Å². The number of aromatic carboxylic acids is 1. The zero-order valence-corrected chi connectivity index (χ0v) is 11.6. The van der Waals surface area contributed by atoms with Gasteiger partial charge in [0, 0.05) is 15.8 Å². The number of hydrogen-bond acceptors (Lipinski definition) is 5. The van der Waals surface area contributed by atoms with Crippen LogP contribution in [0.25, 0.3) is 10.1 Å². The number of hydrogen-bond donors (Lipinski definition) is 1. The number of carboxylic acid groups (broad SMARTS) is 1. The van der Waals surface area contributed by atoms with Crippen LogP contribution in [0.3, 0.4) is 0 Å². The smallest absolute Gasteiger partial charge is 0.346 e. The molecule has 3 rings (SSSR count). The van der Waals surface area contributed by atoms with Crippen molar-refractivity contribution in [3.8, 4) is 0 Å². The lowest BCUT2D eigenvalue weighted by Crippen LogP contribution is -1.97. The van der Waals surface area contributed by atoms with E-state index in [4.69, 9.17) is 4.42 Å². The van der Waals surface area contributed by atoms with E-state index >= 15 is 0 Å². The molecular formula is C13H8FNO3S2. The molecule has 0 aliphatic carbocycles. The van der Waals surface area contributed by atoms with E-state index in [1.807, 2.05) is 0 Å². The van der Waals surface area contributed by atoms with E-state index in [0.717, 1.165) is 11.3 Å². The molecule has 4 nitrogen and oxygen atoms in total. The Hall–Kier alpha value is -1.86. The van der Waals surface area contributed by atoms with Gasteiger partial charge in [0.25, 0.3) is 5.22 Å². The number of halogens is 1. The van der Waals surface area contributed by atoms with E-state index in [1.165, 1.54) is 30.3 Å². The summed E-state index contributed by atoms with van der Waals surface area (Å²) in [5.74, 6) is -1.16. The molecular weight excluding hydrogens is 301 g/mol. The van der Waals surface area contributed by atoms with Crippen LogP contribution in [0.1, 0.15) is 15.2 Å². The fourth-order valence-corrected chi connectivity index (χ4v) is 3.87. The average molecular weight is 309 g/mol. The number of carbonyl (C=O) groups is 1. The van der Waals surface area contributed by atoms with Gasteiger partial charge in [0.1, 0.15) is 17.0 Å². The first-order valence-corrected chi connectivity index (χ1v) is 7.42. The highest BCUT2D eigenvalue weighted by Gasteiger charge is 2.20. The van der Waals surface area contributed by atoms with Crippen LogP contribution in [0.5, 0.6) is 0 Å². The Bertz CT molecular complexity index is 767. The summed E-state index contributed by atoms with van der Waals surface area (Å²) in [6, 6.07) is 4.62. The molecule has 20 heavy (non-hydrogen) atoms. The van der Waals surface area contributed by atoms with Gasteiger partial charge in [-0.05, 0) is 17.7 Å². The number of thiophene rings is 1. The fraction of sp³-hybridized carbons (Fsp3) is 0.0769. The van der Waals surface area contributed by atoms with Crippen LogP contribution in [0.2, 0.25) is 0 Å². The van der Waals surface area contributed by atoms with Crippen molar-refractivity contribution < 1.29 is 18.7 Å². The molecule has 0 bridgehead atoms. The maximum Gasteiger partial charge on any atom is 0.346 e. The number of fused-ring (bicyclic) bond motifs is 1. The minimum Gasteiger partial charge on any atom is -0.477 e. The van der Waals surface area contributed by atoms with Gasteiger partial charge in [0.2, 0.25) is 0 Å². The van der Waals surface area contributed by atoms with Crippen LogP contribution in [0.4, 0.5) is 4.39 Å². The molecule has 1 aromatic carbocycles. The molecule has 0 saturated heterocycles. The third-order valence-corrected chi connectivity index (χ3v) is 4.77. The SMILES string of the molecule is O=C(O)c1sc2cccc(F)c2c1CSc1ncco1. The number of aromatic nitrogens is 1. The lowest BCUT2D eigenvalue weighted by atomic mass is 10.1. The predicted octanol–water partition coefficient (Wildman–Crippen LogP) is 4.02. The van der Waals surface area contributed by atoms with Crippen LogP contribution in [0, 0.1) is 5.82 Å². The number of rotatable bonds is 4. The van der Waals surface area contributed by atoms with Crippen molar-refractivity contribution in [1.82, 2.24) is 4.98 Å². The molecule has 0 radical (unpaired) electrons. The molecule has 3 aromatic rings. The average Bonchev–Trinajstić information content (AvgIpc) is 3.03. The number of oxazole rings is 1. The summed E-state index contributed by atoms with van der Waals surface area (Å²) in [4.78, 5) is 15.4. The van der Waals surface area contributed by atoms with Crippen LogP contribution >= 0.6 is 23.1 Å². The maximum atomic E-state index is 14.0. The molecule has 7 heteroatoms. The summed E-state index contributed by atoms with van der Waals surface area (Å²) in [7, 11) is 0. The highest BCUT2D eigenvalue weighted by atomic mass is 32.2. The molecule has 102 valence electrons. The van der Waals surface area contributed by atoms with E-state index in [9.17, 15) is 14.3 Å². The van der Waals surface area contributed by atoms with Gasteiger partial charge in [-0.2, -0.15) is 0 Å². The first kappa shape index (κ1) is 13.1. The number of nitrogens with zero attached hydrogens (tertiary/aromatic N) is 1. The number of carboxylic acids is 1. The van der Waals surface area contributed by atoms with E-state index < -0.39 is 11.8 Å². The molecule has 1 N–H and O–H groups in total. The number of benzene rings is 1. The van der Waals surface area contributed by atoms with E-state index in [1.54, 1.807) is 12.1 Å². The van der Waals surface area contributed by atoms with Gasteiger partial charge in [-0.25, -0.2) is 14.2 Å². The molecule has 0 aliphatic rings. The lowest BCUT2D eigenvalue weighted by molar-refractivity contribution is 0.0701.